The van der Waals surface area contributed by atoms with Crippen LogP contribution in [0.3, 0.4) is 0 Å². The van der Waals surface area contributed by atoms with Crippen molar-refractivity contribution in [3.8, 4) is 0 Å². The van der Waals surface area contributed by atoms with Gasteiger partial charge < -0.3 is 16.0 Å². The van der Waals surface area contributed by atoms with Crippen LogP contribution in [0.4, 0.5) is 16.4 Å². The van der Waals surface area contributed by atoms with Gasteiger partial charge in [0, 0.05) is 55.9 Å². The predicted octanol–water partition coefficient (Wildman–Crippen LogP) is 1.17. The molecule has 2 aromatic rings. The Labute approximate surface area is 145 Å². The van der Waals surface area contributed by atoms with Gasteiger partial charge in [0.05, 0.1) is 0 Å². The number of nitrogen functional groups attached to an aromatic ring is 1. The Morgan fingerprint density at radius 1 is 1.36 bits per heavy atom. The number of nitrogens with two attached hydrogens (primary N) is 1. The standard InChI is InChI=1S/C17H20N6O2/c1-11-3-4-13(7-14(11)23-6-5-19-17(23)25)15(24)22(2)10-12-8-20-16(18)21-9-12/h3-4,7-9H,5-6,10H2,1-2H3,(H,19,25)(H2,18,20,21). The number of carbonyl (C=O) groups excluding carboxylic acids is 2. The van der Waals surface area contributed by atoms with Crippen molar-refractivity contribution in [2.45, 2.75) is 13.5 Å². The molecule has 0 atom stereocenters. The lowest BCUT2D eigenvalue weighted by Gasteiger charge is -2.20. The van der Waals surface area contributed by atoms with Crippen LogP contribution in [0.25, 0.3) is 0 Å². The Bertz CT molecular complexity index is 805. The largest absolute Gasteiger partial charge is 0.368 e. The second-order valence-corrected chi connectivity index (χ2v) is 6.00. The lowest BCUT2D eigenvalue weighted by Crippen LogP contribution is -2.29. The van der Waals surface area contributed by atoms with Gasteiger partial charge in [0.1, 0.15) is 0 Å². The van der Waals surface area contributed by atoms with Crippen LogP contribution >= 0.6 is 0 Å². The number of carbonyl (C=O) groups is 2. The lowest BCUT2D eigenvalue weighted by molar-refractivity contribution is 0.0785. The van der Waals surface area contributed by atoms with E-state index in [0.717, 1.165) is 16.8 Å². The summed E-state index contributed by atoms with van der Waals surface area (Å²) in [5.74, 6) is 0.0578. The number of aryl methyl sites for hydroxylation is 1. The summed E-state index contributed by atoms with van der Waals surface area (Å²) < 4.78 is 0. The number of nitrogens with zero attached hydrogens (tertiary/aromatic N) is 4. The SMILES string of the molecule is Cc1ccc(C(=O)N(C)Cc2cnc(N)nc2)cc1N1CCNC1=O. The monoisotopic (exact) mass is 340 g/mol. The van der Waals surface area contributed by atoms with E-state index in [0.29, 0.717) is 25.2 Å². The van der Waals surface area contributed by atoms with Crippen molar-refractivity contribution in [2.24, 2.45) is 0 Å². The number of urea groups is 1. The maximum atomic E-state index is 12.7. The number of nitrogens with one attached hydrogen (secondary N) is 1. The number of amides is 3. The Kier molecular flexibility index (Phi) is 4.51. The van der Waals surface area contributed by atoms with Crippen LogP contribution in [-0.4, -0.2) is 46.9 Å². The van der Waals surface area contributed by atoms with Crippen LogP contribution in [0, 0.1) is 6.92 Å². The van der Waals surface area contributed by atoms with Gasteiger partial charge in [-0.25, -0.2) is 14.8 Å². The van der Waals surface area contributed by atoms with Crippen molar-refractivity contribution < 1.29 is 9.59 Å². The van der Waals surface area contributed by atoms with Crippen molar-refractivity contribution in [3.63, 3.8) is 0 Å². The summed E-state index contributed by atoms with van der Waals surface area (Å²) in [5, 5.41) is 2.77. The number of hydrogen-bond acceptors (Lipinski definition) is 5. The zero-order chi connectivity index (χ0) is 18.0. The van der Waals surface area contributed by atoms with Gasteiger partial charge in [0.2, 0.25) is 5.95 Å². The topological polar surface area (TPSA) is 104 Å². The summed E-state index contributed by atoms with van der Waals surface area (Å²) in [6, 6.07) is 5.25. The van der Waals surface area contributed by atoms with Gasteiger partial charge in [-0.1, -0.05) is 6.07 Å². The van der Waals surface area contributed by atoms with Crippen LogP contribution < -0.4 is 16.0 Å². The first-order valence-corrected chi connectivity index (χ1v) is 7.93. The molecule has 1 fully saturated rings. The van der Waals surface area contributed by atoms with Crippen LogP contribution in [0.15, 0.2) is 30.6 Å². The molecule has 1 aliphatic rings. The molecule has 3 N–H and O–H groups in total. The minimum atomic E-state index is -0.141. The third-order valence-corrected chi connectivity index (χ3v) is 4.10. The average Bonchev–Trinajstić information content (AvgIpc) is 3.02. The van der Waals surface area contributed by atoms with E-state index in [4.69, 9.17) is 5.73 Å². The fraction of sp³-hybridized carbons (Fsp3) is 0.294. The second kappa shape index (κ2) is 6.76. The first-order valence-electron chi connectivity index (χ1n) is 7.93. The number of benzene rings is 1. The highest BCUT2D eigenvalue weighted by atomic mass is 16.2. The minimum absolute atomic E-state index is 0.139. The molecular formula is C17H20N6O2. The lowest BCUT2D eigenvalue weighted by atomic mass is 10.1. The van der Waals surface area contributed by atoms with E-state index >= 15 is 0 Å². The molecule has 0 unspecified atom stereocenters. The molecule has 0 saturated carbocycles. The van der Waals surface area contributed by atoms with E-state index in [-0.39, 0.29) is 17.9 Å². The average molecular weight is 340 g/mol. The Morgan fingerprint density at radius 3 is 2.72 bits per heavy atom. The summed E-state index contributed by atoms with van der Waals surface area (Å²) in [7, 11) is 1.71. The molecule has 8 nitrogen and oxygen atoms in total. The molecule has 0 aliphatic carbocycles. The van der Waals surface area contributed by atoms with Crippen LogP contribution in [-0.2, 0) is 6.54 Å². The van der Waals surface area contributed by atoms with Crippen molar-refractivity contribution in [3.05, 3.63) is 47.3 Å². The number of anilines is 2. The van der Waals surface area contributed by atoms with E-state index in [1.807, 2.05) is 13.0 Å². The molecule has 1 aromatic heterocycles. The predicted molar refractivity (Wildman–Crippen MR) is 94.2 cm³/mol. The van der Waals surface area contributed by atoms with Gasteiger partial charge in [0.25, 0.3) is 5.91 Å². The number of hydrogen-bond donors (Lipinski definition) is 2. The van der Waals surface area contributed by atoms with Gasteiger partial charge in [-0.2, -0.15) is 0 Å². The van der Waals surface area contributed by atoms with Crippen LogP contribution in [0.5, 0.6) is 0 Å². The molecule has 0 radical (unpaired) electrons. The Balaban J connectivity index is 1.79. The second-order valence-electron chi connectivity index (χ2n) is 6.00. The molecule has 8 heteroatoms. The van der Waals surface area contributed by atoms with Gasteiger partial charge in [0.15, 0.2) is 0 Å². The molecule has 25 heavy (non-hydrogen) atoms. The highest BCUT2D eigenvalue weighted by Crippen LogP contribution is 2.24. The third-order valence-electron chi connectivity index (χ3n) is 4.10. The molecule has 1 aliphatic heterocycles. The highest BCUT2D eigenvalue weighted by Gasteiger charge is 2.24. The molecular weight excluding hydrogens is 320 g/mol. The Morgan fingerprint density at radius 2 is 2.08 bits per heavy atom. The quantitative estimate of drug-likeness (QED) is 0.869. The summed E-state index contributed by atoms with van der Waals surface area (Å²) in [6.07, 6.45) is 3.20. The number of rotatable bonds is 4. The molecule has 3 amide bonds. The van der Waals surface area contributed by atoms with E-state index in [2.05, 4.69) is 15.3 Å². The maximum Gasteiger partial charge on any atom is 0.322 e. The van der Waals surface area contributed by atoms with E-state index in [1.54, 1.807) is 41.4 Å². The van der Waals surface area contributed by atoms with Crippen molar-refractivity contribution in [1.82, 2.24) is 20.2 Å². The van der Waals surface area contributed by atoms with Gasteiger partial charge in [-0.05, 0) is 24.6 Å². The normalized spacial score (nSPS) is 13.7. The van der Waals surface area contributed by atoms with E-state index < -0.39 is 0 Å². The maximum absolute atomic E-state index is 12.7. The Hall–Kier alpha value is -3.16. The van der Waals surface area contributed by atoms with Crippen molar-refractivity contribution >= 4 is 23.6 Å². The summed E-state index contributed by atoms with van der Waals surface area (Å²) in [6.45, 7) is 3.49. The molecule has 3 rings (SSSR count). The van der Waals surface area contributed by atoms with Gasteiger partial charge >= 0.3 is 6.03 Å². The van der Waals surface area contributed by atoms with E-state index in [1.165, 1.54) is 0 Å². The smallest absolute Gasteiger partial charge is 0.322 e. The molecule has 0 bridgehead atoms. The minimum Gasteiger partial charge on any atom is -0.368 e. The molecule has 1 aromatic carbocycles. The molecule has 2 heterocycles. The fourth-order valence-corrected chi connectivity index (χ4v) is 2.75. The van der Waals surface area contributed by atoms with Gasteiger partial charge in [-0.3, -0.25) is 9.69 Å². The number of aromatic nitrogens is 2. The first kappa shape index (κ1) is 16.7. The van der Waals surface area contributed by atoms with Gasteiger partial charge in [-0.15, -0.1) is 0 Å². The summed E-state index contributed by atoms with van der Waals surface area (Å²) in [5.41, 5.74) is 8.49. The highest BCUT2D eigenvalue weighted by molar-refractivity contribution is 5.99. The third kappa shape index (κ3) is 3.52. The van der Waals surface area contributed by atoms with E-state index in [9.17, 15) is 9.59 Å². The van der Waals surface area contributed by atoms with Crippen LogP contribution in [0.1, 0.15) is 21.5 Å². The zero-order valence-corrected chi connectivity index (χ0v) is 14.2. The summed E-state index contributed by atoms with van der Waals surface area (Å²) >= 11 is 0. The molecule has 130 valence electrons. The first-order chi connectivity index (χ1) is 12.0. The summed E-state index contributed by atoms with van der Waals surface area (Å²) in [4.78, 5) is 35.7. The fourth-order valence-electron chi connectivity index (χ4n) is 2.75. The molecule has 1 saturated heterocycles. The zero-order valence-electron chi connectivity index (χ0n) is 14.2. The van der Waals surface area contributed by atoms with Crippen molar-refractivity contribution in [1.29, 1.82) is 0 Å². The van der Waals surface area contributed by atoms with Crippen molar-refractivity contribution in [2.75, 3.05) is 30.8 Å². The molecule has 0 spiro atoms. The van der Waals surface area contributed by atoms with Crippen LogP contribution in [0.2, 0.25) is 0 Å².